The van der Waals surface area contributed by atoms with Crippen molar-refractivity contribution in [2.45, 2.75) is 37.8 Å². The summed E-state index contributed by atoms with van der Waals surface area (Å²) in [6, 6.07) is 0. The zero-order valence-corrected chi connectivity index (χ0v) is 13.1. The molecule has 2 rings (SSSR count). The smallest absolute Gasteiger partial charge is 0.305 e. The predicted octanol–water partition coefficient (Wildman–Crippen LogP) is 1.80. The summed E-state index contributed by atoms with van der Waals surface area (Å²) in [6.45, 7) is 7.09. The fourth-order valence-corrected chi connectivity index (χ4v) is 5.44. The number of hydrogen-bond donors (Lipinski definition) is 1. The van der Waals surface area contributed by atoms with Crippen molar-refractivity contribution < 1.29 is 8.42 Å². The predicted molar refractivity (Wildman–Crippen MR) is 76.0 cm³/mol. The van der Waals surface area contributed by atoms with Crippen molar-refractivity contribution in [2.24, 2.45) is 11.8 Å². The molecule has 0 bridgehead atoms. The minimum Gasteiger partial charge on any atom is -0.315 e. The van der Waals surface area contributed by atoms with Gasteiger partial charge in [-0.1, -0.05) is 25.2 Å². The molecule has 19 heavy (non-hydrogen) atoms. The Labute approximate surface area is 117 Å². The molecule has 0 aromatic carbocycles. The summed E-state index contributed by atoms with van der Waals surface area (Å²) in [4.78, 5) is 13.5. The van der Waals surface area contributed by atoms with Crippen LogP contribution in [0.4, 0.5) is 0 Å². The maximum Gasteiger partial charge on any atom is 0.305 e. The third kappa shape index (κ3) is 2.93. The van der Waals surface area contributed by atoms with Crippen LogP contribution in [0.2, 0.25) is 0 Å². The molecule has 1 aromatic rings. The van der Waals surface area contributed by atoms with Crippen molar-refractivity contribution in [1.29, 1.82) is 0 Å². The number of nitrogens with one attached hydrogen (secondary N) is 1. The highest BCUT2D eigenvalue weighted by Gasteiger charge is 2.32. The molecule has 0 amide bonds. The minimum absolute atomic E-state index is 0.167. The Bertz CT molecular complexity index is 593. The van der Waals surface area contributed by atoms with Crippen LogP contribution in [0.5, 0.6) is 0 Å². The van der Waals surface area contributed by atoms with Gasteiger partial charge in [0.15, 0.2) is 4.21 Å². The van der Waals surface area contributed by atoms with Crippen molar-refractivity contribution in [2.75, 3.05) is 13.1 Å². The van der Waals surface area contributed by atoms with Gasteiger partial charge in [-0.05, 0) is 31.6 Å². The van der Waals surface area contributed by atoms with E-state index < -0.39 is 10.0 Å². The number of aromatic amines is 1. The number of rotatable bonds is 3. The molecule has 0 aliphatic carbocycles. The Balaban J connectivity index is 2.19. The van der Waals surface area contributed by atoms with Gasteiger partial charge in [-0.15, -0.1) is 0 Å². The highest BCUT2D eigenvalue weighted by Crippen LogP contribution is 2.29. The van der Waals surface area contributed by atoms with E-state index >= 15 is 0 Å². The molecule has 1 saturated heterocycles. The number of hydrogen-bond acceptors (Lipinski definition) is 4. The van der Waals surface area contributed by atoms with Crippen molar-refractivity contribution in [3.63, 3.8) is 0 Å². The molecule has 1 aliphatic rings. The van der Waals surface area contributed by atoms with Gasteiger partial charge in [0.25, 0.3) is 10.0 Å². The number of nitrogens with zero attached hydrogens (tertiary/aromatic N) is 1. The standard InChI is InChI=1S/C12H20N2O3S2/c1-8(2)10-4-6-14(7-5-10)19(16,17)11-9(3)13-12(15)18-11/h8,10H,4-7H2,1-3H3,(H,13,15). The monoisotopic (exact) mass is 304 g/mol. The van der Waals surface area contributed by atoms with Crippen LogP contribution in [0.1, 0.15) is 32.4 Å². The second-order valence-corrected chi connectivity index (χ2v) is 8.53. The summed E-state index contributed by atoms with van der Waals surface area (Å²) >= 11 is 0.781. The highest BCUT2D eigenvalue weighted by molar-refractivity contribution is 7.91. The van der Waals surface area contributed by atoms with Crippen LogP contribution in [0.3, 0.4) is 0 Å². The molecule has 0 atom stereocenters. The second kappa shape index (κ2) is 5.38. The van der Waals surface area contributed by atoms with Gasteiger partial charge in [0.2, 0.25) is 0 Å². The van der Waals surface area contributed by atoms with E-state index in [9.17, 15) is 13.2 Å². The van der Waals surface area contributed by atoms with Crippen molar-refractivity contribution in [3.8, 4) is 0 Å². The first kappa shape index (κ1) is 14.7. The molecular formula is C12H20N2O3S2. The van der Waals surface area contributed by atoms with Gasteiger partial charge >= 0.3 is 4.87 Å². The molecule has 0 radical (unpaired) electrons. The largest absolute Gasteiger partial charge is 0.315 e. The van der Waals surface area contributed by atoms with Crippen LogP contribution < -0.4 is 4.87 Å². The van der Waals surface area contributed by atoms with Gasteiger partial charge in [0.05, 0.1) is 0 Å². The lowest BCUT2D eigenvalue weighted by Gasteiger charge is -2.32. The summed E-state index contributed by atoms with van der Waals surface area (Å²) in [7, 11) is -3.50. The summed E-state index contributed by atoms with van der Waals surface area (Å²) in [5.74, 6) is 1.19. The van der Waals surface area contributed by atoms with Crippen LogP contribution in [0, 0.1) is 18.8 Å². The van der Waals surface area contributed by atoms with Crippen molar-refractivity contribution in [1.82, 2.24) is 9.29 Å². The quantitative estimate of drug-likeness (QED) is 0.925. The van der Waals surface area contributed by atoms with Gasteiger partial charge < -0.3 is 4.98 Å². The molecule has 1 N–H and O–H groups in total. The van der Waals surface area contributed by atoms with E-state index in [1.165, 1.54) is 4.31 Å². The summed E-state index contributed by atoms with van der Waals surface area (Å²) in [6.07, 6.45) is 1.80. The van der Waals surface area contributed by atoms with Crippen LogP contribution in [-0.2, 0) is 10.0 Å². The Kier molecular flexibility index (Phi) is 4.17. The molecular weight excluding hydrogens is 284 g/mol. The van der Waals surface area contributed by atoms with E-state index in [0.717, 1.165) is 24.2 Å². The average molecular weight is 304 g/mol. The van der Waals surface area contributed by atoms with Gasteiger partial charge in [0.1, 0.15) is 0 Å². The molecule has 2 heterocycles. The Hall–Kier alpha value is -0.660. The SMILES string of the molecule is Cc1[nH]c(=O)sc1S(=O)(=O)N1CCC(C(C)C)CC1. The molecule has 1 aliphatic heterocycles. The van der Waals surface area contributed by atoms with Gasteiger partial charge in [-0.3, -0.25) is 4.79 Å². The maximum absolute atomic E-state index is 12.5. The van der Waals surface area contributed by atoms with Crippen molar-refractivity contribution in [3.05, 3.63) is 15.4 Å². The second-order valence-electron chi connectivity index (χ2n) is 5.41. The zero-order valence-electron chi connectivity index (χ0n) is 11.5. The summed E-state index contributed by atoms with van der Waals surface area (Å²) in [5, 5.41) is 0. The van der Waals surface area contributed by atoms with Crippen molar-refractivity contribution >= 4 is 21.4 Å². The topological polar surface area (TPSA) is 70.2 Å². The van der Waals surface area contributed by atoms with E-state index in [1.807, 2.05) is 0 Å². The molecule has 5 nitrogen and oxygen atoms in total. The number of H-pyrrole nitrogens is 1. The molecule has 7 heteroatoms. The number of aromatic nitrogens is 1. The van der Waals surface area contributed by atoms with E-state index in [-0.39, 0.29) is 9.08 Å². The van der Waals surface area contributed by atoms with E-state index in [1.54, 1.807) is 6.92 Å². The number of aryl methyl sites for hydroxylation is 1. The van der Waals surface area contributed by atoms with E-state index in [0.29, 0.717) is 30.6 Å². The average Bonchev–Trinajstić information content (AvgIpc) is 2.69. The highest BCUT2D eigenvalue weighted by atomic mass is 32.2. The van der Waals surface area contributed by atoms with Gasteiger partial charge in [-0.25, -0.2) is 8.42 Å². The van der Waals surface area contributed by atoms with Crippen LogP contribution >= 0.6 is 11.3 Å². The van der Waals surface area contributed by atoms with Gasteiger partial charge in [0, 0.05) is 18.8 Å². The Morgan fingerprint density at radius 3 is 2.32 bits per heavy atom. The summed E-state index contributed by atoms with van der Waals surface area (Å²) in [5.41, 5.74) is 0.445. The lowest BCUT2D eigenvalue weighted by Crippen LogP contribution is -2.39. The fraction of sp³-hybridized carbons (Fsp3) is 0.750. The molecule has 0 spiro atoms. The number of sulfonamides is 1. The molecule has 108 valence electrons. The zero-order chi connectivity index (χ0) is 14.2. The minimum atomic E-state index is -3.50. The first-order valence-electron chi connectivity index (χ1n) is 6.52. The Morgan fingerprint density at radius 1 is 1.32 bits per heavy atom. The lowest BCUT2D eigenvalue weighted by atomic mass is 9.87. The normalized spacial score (nSPS) is 19.2. The first-order chi connectivity index (χ1) is 8.82. The fourth-order valence-electron chi connectivity index (χ4n) is 2.54. The van der Waals surface area contributed by atoms with Gasteiger partial charge in [-0.2, -0.15) is 4.31 Å². The van der Waals surface area contributed by atoms with Crippen LogP contribution in [0.25, 0.3) is 0 Å². The molecule has 0 saturated carbocycles. The molecule has 1 fully saturated rings. The first-order valence-corrected chi connectivity index (χ1v) is 8.78. The maximum atomic E-state index is 12.5. The lowest BCUT2D eigenvalue weighted by molar-refractivity contribution is 0.227. The van der Waals surface area contributed by atoms with E-state index in [4.69, 9.17) is 0 Å². The summed E-state index contributed by atoms with van der Waals surface area (Å²) < 4.78 is 26.6. The molecule has 1 aromatic heterocycles. The number of piperidine rings is 1. The third-order valence-electron chi connectivity index (χ3n) is 3.80. The number of thiazole rings is 1. The van der Waals surface area contributed by atoms with E-state index in [2.05, 4.69) is 18.8 Å². The Morgan fingerprint density at radius 2 is 1.89 bits per heavy atom. The van der Waals surface area contributed by atoms with Crippen LogP contribution in [-0.4, -0.2) is 30.8 Å². The van der Waals surface area contributed by atoms with Crippen LogP contribution in [0.15, 0.2) is 9.00 Å². The molecule has 0 unspecified atom stereocenters. The third-order valence-corrected chi connectivity index (χ3v) is 7.28.